The van der Waals surface area contributed by atoms with Gasteiger partial charge in [-0.05, 0) is 29.2 Å². The quantitative estimate of drug-likeness (QED) is 0.650. The molecule has 1 amide bonds. The Hall–Kier alpha value is -3.41. The van der Waals surface area contributed by atoms with E-state index < -0.39 is 0 Å². The lowest BCUT2D eigenvalue weighted by molar-refractivity contribution is 0.0945. The highest BCUT2D eigenvalue weighted by Crippen LogP contribution is 2.24. The maximum atomic E-state index is 12.3. The average molecular weight is 390 g/mol. The molecule has 29 heavy (non-hydrogen) atoms. The number of methoxy groups -OCH3 is 1. The Bertz CT molecular complexity index is 961. The molecule has 150 valence electrons. The van der Waals surface area contributed by atoms with Crippen molar-refractivity contribution in [2.24, 2.45) is 0 Å². The molecule has 0 atom stereocenters. The Kier molecular flexibility index (Phi) is 6.12. The first-order valence-corrected chi connectivity index (χ1v) is 9.46. The normalized spacial score (nSPS) is 11.0. The summed E-state index contributed by atoms with van der Waals surface area (Å²) in [6, 6.07) is 15.8. The number of benzene rings is 2. The van der Waals surface area contributed by atoms with Crippen LogP contribution in [-0.2, 0) is 12.0 Å². The number of para-hydroxylation sites is 1. The molecule has 6 nitrogen and oxygen atoms in total. The topological polar surface area (TPSA) is 76.1 Å². The van der Waals surface area contributed by atoms with Crippen LogP contribution in [0.1, 0.15) is 42.4 Å². The molecule has 3 aromatic rings. The smallest absolute Gasteiger partial charge is 0.271 e. The molecular weight excluding hydrogens is 364 g/mol. The van der Waals surface area contributed by atoms with Crippen molar-refractivity contribution in [1.82, 2.24) is 15.3 Å². The number of carbonyl (C=O) groups excluding carboxylic acids is 1. The molecule has 3 rings (SSSR count). The Labute approximate surface area is 171 Å². The third kappa shape index (κ3) is 5.31. The predicted molar refractivity (Wildman–Crippen MR) is 115 cm³/mol. The number of aromatic nitrogens is 2. The highest BCUT2D eigenvalue weighted by Gasteiger charge is 2.13. The van der Waals surface area contributed by atoms with Crippen LogP contribution < -0.4 is 15.4 Å². The van der Waals surface area contributed by atoms with Gasteiger partial charge in [-0.25, -0.2) is 9.97 Å². The zero-order chi connectivity index (χ0) is 20.9. The fourth-order valence-electron chi connectivity index (χ4n) is 2.83. The van der Waals surface area contributed by atoms with Gasteiger partial charge >= 0.3 is 0 Å². The number of ether oxygens (including phenoxy) is 1. The van der Waals surface area contributed by atoms with E-state index >= 15 is 0 Å². The van der Waals surface area contributed by atoms with Gasteiger partial charge in [0.25, 0.3) is 5.91 Å². The number of hydrogen-bond donors (Lipinski definition) is 2. The molecule has 2 N–H and O–H groups in total. The minimum absolute atomic E-state index is 0.108. The van der Waals surface area contributed by atoms with E-state index in [0.29, 0.717) is 12.4 Å². The lowest BCUT2D eigenvalue weighted by atomic mass is 9.87. The maximum Gasteiger partial charge on any atom is 0.271 e. The highest BCUT2D eigenvalue weighted by molar-refractivity contribution is 5.92. The van der Waals surface area contributed by atoms with Gasteiger partial charge in [0.05, 0.1) is 19.5 Å². The van der Waals surface area contributed by atoms with Crippen LogP contribution in [0.4, 0.5) is 11.5 Å². The fourth-order valence-corrected chi connectivity index (χ4v) is 2.83. The molecule has 0 spiro atoms. The van der Waals surface area contributed by atoms with Gasteiger partial charge in [0.1, 0.15) is 17.3 Å². The summed E-state index contributed by atoms with van der Waals surface area (Å²) in [6.07, 6.45) is 3.01. The van der Waals surface area contributed by atoms with Crippen LogP contribution in [0.3, 0.4) is 0 Å². The van der Waals surface area contributed by atoms with E-state index in [4.69, 9.17) is 4.74 Å². The average Bonchev–Trinajstić information content (AvgIpc) is 2.72. The second-order valence-electron chi connectivity index (χ2n) is 7.73. The van der Waals surface area contributed by atoms with Crippen molar-refractivity contribution in [1.29, 1.82) is 0 Å². The second kappa shape index (κ2) is 8.73. The fraction of sp³-hybridized carbons (Fsp3) is 0.261. The summed E-state index contributed by atoms with van der Waals surface area (Å²) in [6.45, 7) is 6.89. The standard InChI is InChI=1S/C23H26N4O2/c1-23(2,3)17-9-11-18(12-10-17)27-21-15-24-19(14-25-21)22(28)26-13-16-7-5-6-8-20(16)29-4/h5-12,14-15H,13H2,1-4H3,(H,25,27)(H,26,28). The Morgan fingerprint density at radius 2 is 1.72 bits per heavy atom. The van der Waals surface area contributed by atoms with Crippen LogP contribution in [0.2, 0.25) is 0 Å². The van der Waals surface area contributed by atoms with Crippen molar-refractivity contribution >= 4 is 17.4 Å². The summed E-state index contributed by atoms with van der Waals surface area (Å²) in [5, 5.41) is 6.04. The van der Waals surface area contributed by atoms with Crippen LogP contribution in [0.15, 0.2) is 60.9 Å². The monoisotopic (exact) mass is 390 g/mol. The SMILES string of the molecule is COc1ccccc1CNC(=O)c1cnc(Nc2ccc(C(C)(C)C)cc2)cn1. The van der Waals surface area contributed by atoms with Crippen LogP contribution in [0.25, 0.3) is 0 Å². The number of carbonyl (C=O) groups is 1. The van der Waals surface area contributed by atoms with E-state index in [-0.39, 0.29) is 17.0 Å². The van der Waals surface area contributed by atoms with Gasteiger partial charge < -0.3 is 15.4 Å². The Balaban J connectivity index is 1.60. The van der Waals surface area contributed by atoms with Gasteiger partial charge in [-0.1, -0.05) is 51.1 Å². The third-order valence-corrected chi connectivity index (χ3v) is 4.54. The first-order chi connectivity index (χ1) is 13.9. The van der Waals surface area contributed by atoms with E-state index in [1.807, 2.05) is 36.4 Å². The van der Waals surface area contributed by atoms with E-state index in [0.717, 1.165) is 17.0 Å². The number of amides is 1. The molecule has 6 heteroatoms. The molecule has 1 aromatic heterocycles. The maximum absolute atomic E-state index is 12.3. The molecule has 2 aromatic carbocycles. The van der Waals surface area contributed by atoms with Crippen molar-refractivity contribution in [2.75, 3.05) is 12.4 Å². The lowest BCUT2D eigenvalue weighted by Crippen LogP contribution is -2.24. The van der Waals surface area contributed by atoms with E-state index in [9.17, 15) is 4.79 Å². The molecule has 0 fully saturated rings. The van der Waals surface area contributed by atoms with Crippen LogP contribution in [0.5, 0.6) is 5.75 Å². The van der Waals surface area contributed by atoms with Crippen molar-refractivity contribution in [3.63, 3.8) is 0 Å². The molecule has 0 saturated heterocycles. The van der Waals surface area contributed by atoms with Crippen molar-refractivity contribution in [3.05, 3.63) is 77.7 Å². The summed E-state index contributed by atoms with van der Waals surface area (Å²) < 4.78 is 5.29. The van der Waals surface area contributed by atoms with Crippen LogP contribution in [0, 0.1) is 0 Å². The largest absolute Gasteiger partial charge is 0.496 e. The van der Waals surface area contributed by atoms with E-state index in [1.54, 1.807) is 13.3 Å². The number of nitrogens with one attached hydrogen (secondary N) is 2. The third-order valence-electron chi connectivity index (χ3n) is 4.54. The molecule has 0 unspecified atom stereocenters. The van der Waals surface area contributed by atoms with Crippen LogP contribution in [-0.4, -0.2) is 23.0 Å². The summed E-state index contributed by atoms with van der Waals surface area (Å²) in [4.78, 5) is 20.9. The minimum atomic E-state index is -0.288. The lowest BCUT2D eigenvalue weighted by Gasteiger charge is -2.19. The Morgan fingerprint density at radius 1 is 1.00 bits per heavy atom. The highest BCUT2D eigenvalue weighted by atomic mass is 16.5. The van der Waals surface area contributed by atoms with Gasteiger partial charge in [-0.3, -0.25) is 4.79 Å². The first kappa shape index (κ1) is 20.3. The minimum Gasteiger partial charge on any atom is -0.496 e. The van der Waals surface area contributed by atoms with Gasteiger partial charge in [0, 0.05) is 17.8 Å². The molecule has 0 aliphatic carbocycles. The number of hydrogen-bond acceptors (Lipinski definition) is 5. The number of nitrogens with zero attached hydrogens (tertiary/aromatic N) is 2. The van der Waals surface area contributed by atoms with Crippen molar-refractivity contribution < 1.29 is 9.53 Å². The molecule has 0 aliphatic heterocycles. The predicted octanol–water partition coefficient (Wildman–Crippen LogP) is 4.46. The van der Waals surface area contributed by atoms with Gasteiger partial charge in [-0.15, -0.1) is 0 Å². The molecular formula is C23H26N4O2. The first-order valence-electron chi connectivity index (χ1n) is 9.46. The summed E-state index contributed by atoms with van der Waals surface area (Å²) in [5.74, 6) is 1.02. The van der Waals surface area contributed by atoms with E-state index in [1.165, 1.54) is 11.8 Å². The molecule has 0 bridgehead atoms. The zero-order valence-electron chi connectivity index (χ0n) is 17.2. The van der Waals surface area contributed by atoms with Crippen molar-refractivity contribution in [2.45, 2.75) is 32.7 Å². The second-order valence-corrected chi connectivity index (χ2v) is 7.73. The summed E-state index contributed by atoms with van der Waals surface area (Å²) in [7, 11) is 1.61. The van der Waals surface area contributed by atoms with Crippen molar-refractivity contribution in [3.8, 4) is 5.75 Å². The Morgan fingerprint density at radius 3 is 2.34 bits per heavy atom. The summed E-state index contributed by atoms with van der Waals surface area (Å²) in [5.41, 5.74) is 3.44. The molecule has 0 radical (unpaired) electrons. The van der Waals surface area contributed by atoms with E-state index in [2.05, 4.69) is 53.5 Å². The zero-order valence-corrected chi connectivity index (χ0v) is 17.2. The number of anilines is 2. The molecule has 0 saturated carbocycles. The molecule has 1 heterocycles. The summed E-state index contributed by atoms with van der Waals surface area (Å²) >= 11 is 0. The van der Waals surface area contributed by atoms with Gasteiger partial charge in [-0.2, -0.15) is 0 Å². The van der Waals surface area contributed by atoms with Gasteiger partial charge in [0.15, 0.2) is 0 Å². The van der Waals surface area contributed by atoms with Crippen LogP contribution >= 0.6 is 0 Å². The van der Waals surface area contributed by atoms with Gasteiger partial charge in [0.2, 0.25) is 0 Å². The number of rotatable bonds is 6. The molecule has 0 aliphatic rings.